The maximum absolute atomic E-state index is 14.3. The molecule has 3 aromatic heterocycles. The van der Waals surface area contributed by atoms with Crippen molar-refractivity contribution >= 4 is 33.3 Å². The number of likely N-dealkylation sites (N-methyl/N-ethyl adjacent to an activating group) is 1. The van der Waals surface area contributed by atoms with E-state index in [0.717, 1.165) is 16.5 Å². The number of ether oxygens (including phenoxy) is 2. The lowest BCUT2D eigenvalue weighted by Gasteiger charge is -2.24. The van der Waals surface area contributed by atoms with E-state index in [1.165, 1.54) is 28.4 Å². The summed E-state index contributed by atoms with van der Waals surface area (Å²) < 4.78 is 27.9. The highest BCUT2D eigenvalue weighted by Crippen LogP contribution is 2.39. The van der Waals surface area contributed by atoms with Gasteiger partial charge in [0, 0.05) is 48.6 Å². The third-order valence-corrected chi connectivity index (χ3v) is 6.20. The van der Waals surface area contributed by atoms with Crippen molar-refractivity contribution in [1.82, 2.24) is 19.7 Å². The van der Waals surface area contributed by atoms with Crippen LogP contribution in [0.15, 0.2) is 48.9 Å². The smallest absolute Gasteiger partial charge is 0.410 e. The third kappa shape index (κ3) is 5.77. The van der Waals surface area contributed by atoms with E-state index in [9.17, 15) is 19.3 Å². The average Bonchev–Trinajstić information content (AvgIpc) is 3.45. The van der Waals surface area contributed by atoms with Gasteiger partial charge in [0.2, 0.25) is 0 Å². The molecule has 0 unspecified atom stereocenters. The normalized spacial score (nSPS) is 11.5. The molecule has 0 saturated carbocycles. The SMILES string of the molecule is CN(CCn1cc(-c2cc3nccc(Oc4ccc([N+](=O)[O-])cc4F)c3s2)cn1)C(=O)OC(C)(C)C. The lowest BCUT2D eigenvalue weighted by molar-refractivity contribution is -0.385. The van der Waals surface area contributed by atoms with Crippen LogP contribution in [0.1, 0.15) is 20.8 Å². The minimum Gasteiger partial charge on any atom is -0.453 e. The molecule has 4 rings (SSSR count). The molecule has 0 radical (unpaired) electrons. The second-order valence-corrected chi connectivity index (χ2v) is 10.1. The molecule has 3 heterocycles. The van der Waals surface area contributed by atoms with E-state index in [1.807, 2.05) is 33.0 Å². The minimum absolute atomic E-state index is 0.120. The van der Waals surface area contributed by atoms with Gasteiger partial charge in [-0.3, -0.25) is 19.8 Å². The molecule has 188 valence electrons. The molecule has 1 amide bonds. The Balaban J connectivity index is 1.49. The van der Waals surface area contributed by atoms with Crippen LogP contribution in [0.2, 0.25) is 0 Å². The van der Waals surface area contributed by atoms with Crippen LogP contribution in [-0.2, 0) is 11.3 Å². The molecule has 0 fully saturated rings. The van der Waals surface area contributed by atoms with E-state index >= 15 is 0 Å². The van der Waals surface area contributed by atoms with Gasteiger partial charge in [0.25, 0.3) is 5.69 Å². The molecular formula is C24H24FN5O5S. The predicted molar refractivity (Wildman–Crippen MR) is 133 cm³/mol. The Morgan fingerprint density at radius 1 is 1.25 bits per heavy atom. The lowest BCUT2D eigenvalue weighted by Crippen LogP contribution is -2.35. The molecule has 12 heteroatoms. The summed E-state index contributed by atoms with van der Waals surface area (Å²) in [5.74, 6) is -0.566. The second-order valence-electron chi connectivity index (χ2n) is 9.00. The predicted octanol–water partition coefficient (Wildman–Crippen LogP) is 5.87. The average molecular weight is 514 g/mol. The van der Waals surface area contributed by atoms with Crippen LogP contribution in [0, 0.1) is 15.9 Å². The van der Waals surface area contributed by atoms with E-state index in [4.69, 9.17) is 9.47 Å². The highest BCUT2D eigenvalue weighted by molar-refractivity contribution is 7.22. The Bertz CT molecular complexity index is 1430. The molecule has 1 aromatic carbocycles. The topological polar surface area (TPSA) is 113 Å². The molecule has 0 atom stereocenters. The van der Waals surface area contributed by atoms with E-state index in [1.54, 1.807) is 30.2 Å². The van der Waals surface area contributed by atoms with Crippen LogP contribution < -0.4 is 4.74 Å². The lowest BCUT2D eigenvalue weighted by atomic mass is 10.2. The summed E-state index contributed by atoms with van der Waals surface area (Å²) in [6.45, 7) is 6.35. The van der Waals surface area contributed by atoms with Gasteiger partial charge in [-0.15, -0.1) is 11.3 Å². The van der Waals surface area contributed by atoms with Gasteiger partial charge in [-0.1, -0.05) is 0 Å². The highest BCUT2D eigenvalue weighted by Gasteiger charge is 2.20. The quantitative estimate of drug-likeness (QED) is 0.224. The molecule has 4 aromatic rings. The number of non-ortho nitro benzene ring substituents is 1. The summed E-state index contributed by atoms with van der Waals surface area (Å²) in [6, 6.07) is 6.73. The molecule has 10 nitrogen and oxygen atoms in total. The third-order valence-electron chi connectivity index (χ3n) is 5.01. The van der Waals surface area contributed by atoms with Gasteiger partial charge >= 0.3 is 6.09 Å². The number of nitro benzene ring substituents is 1. The Labute approximate surface area is 210 Å². The van der Waals surface area contributed by atoms with Gasteiger partial charge in [-0.25, -0.2) is 9.18 Å². The Morgan fingerprint density at radius 3 is 2.72 bits per heavy atom. The number of nitrogens with zero attached hydrogens (tertiary/aromatic N) is 5. The number of fused-ring (bicyclic) bond motifs is 1. The van der Waals surface area contributed by atoms with E-state index < -0.39 is 22.4 Å². The van der Waals surface area contributed by atoms with Crippen LogP contribution in [-0.4, -0.2) is 49.9 Å². The summed E-state index contributed by atoms with van der Waals surface area (Å²) in [5, 5.41) is 15.2. The number of carbonyl (C=O) groups is 1. The first kappa shape index (κ1) is 25.0. The summed E-state index contributed by atoms with van der Waals surface area (Å²) in [5.41, 5.74) is 0.594. The van der Waals surface area contributed by atoms with Gasteiger partial charge in [0.15, 0.2) is 11.6 Å². The van der Waals surface area contributed by atoms with Gasteiger partial charge in [0.05, 0.1) is 33.9 Å². The van der Waals surface area contributed by atoms with Crippen LogP contribution in [0.25, 0.3) is 20.7 Å². The Hall–Kier alpha value is -4.06. The zero-order valence-corrected chi connectivity index (χ0v) is 20.9. The number of halogens is 1. The first-order valence-corrected chi connectivity index (χ1v) is 11.8. The summed E-state index contributed by atoms with van der Waals surface area (Å²) in [6.07, 6.45) is 4.73. The zero-order valence-electron chi connectivity index (χ0n) is 20.1. The highest BCUT2D eigenvalue weighted by atomic mass is 32.1. The van der Waals surface area contributed by atoms with Crippen LogP contribution in [0.4, 0.5) is 14.9 Å². The summed E-state index contributed by atoms with van der Waals surface area (Å²) in [4.78, 5) is 29.1. The number of nitro groups is 1. The number of benzene rings is 1. The maximum atomic E-state index is 14.3. The van der Waals surface area contributed by atoms with E-state index in [2.05, 4.69) is 10.1 Å². The molecule has 0 bridgehead atoms. The molecule has 0 spiro atoms. The minimum atomic E-state index is -0.830. The number of rotatable bonds is 7. The number of hydrogen-bond acceptors (Lipinski definition) is 8. The van der Waals surface area contributed by atoms with Gasteiger partial charge in [-0.2, -0.15) is 5.10 Å². The molecule has 0 saturated heterocycles. The first-order valence-electron chi connectivity index (χ1n) is 11.0. The Kier molecular flexibility index (Phi) is 6.88. The van der Waals surface area contributed by atoms with Gasteiger partial charge in [0.1, 0.15) is 11.4 Å². The van der Waals surface area contributed by atoms with Gasteiger partial charge in [-0.05, 0) is 32.9 Å². The van der Waals surface area contributed by atoms with Crippen molar-refractivity contribution in [3.63, 3.8) is 0 Å². The Morgan fingerprint density at radius 2 is 2.03 bits per heavy atom. The number of hydrogen-bond donors (Lipinski definition) is 0. The summed E-state index contributed by atoms with van der Waals surface area (Å²) in [7, 11) is 1.67. The van der Waals surface area contributed by atoms with E-state index in [0.29, 0.717) is 29.1 Å². The molecule has 0 N–H and O–H groups in total. The monoisotopic (exact) mass is 513 g/mol. The largest absolute Gasteiger partial charge is 0.453 e. The molecule has 36 heavy (non-hydrogen) atoms. The molecule has 0 aliphatic rings. The molecule has 0 aliphatic heterocycles. The van der Waals surface area contributed by atoms with Crippen LogP contribution >= 0.6 is 11.3 Å². The fraction of sp³-hybridized carbons (Fsp3) is 0.292. The van der Waals surface area contributed by atoms with Crippen molar-refractivity contribution in [2.45, 2.75) is 32.9 Å². The van der Waals surface area contributed by atoms with Crippen molar-refractivity contribution in [2.75, 3.05) is 13.6 Å². The number of pyridine rings is 1. The van der Waals surface area contributed by atoms with Crippen molar-refractivity contribution in [2.24, 2.45) is 0 Å². The number of thiophene rings is 1. The number of aromatic nitrogens is 3. The van der Waals surface area contributed by atoms with Crippen molar-refractivity contribution in [3.8, 4) is 21.9 Å². The fourth-order valence-corrected chi connectivity index (χ4v) is 4.28. The first-order chi connectivity index (χ1) is 17.0. The number of carbonyl (C=O) groups excluding carboxylic acids is 1. The van der Waals surface area contributed by atoms with Crippen LogP contribution in [0.3, 0.4) is 0 Å². The number of amides is 1. The van der Waals surface area contributed by atoms with Gasteiger partial charge < -0.3 is 14.4 Å². The molecular weight excluding hydrogens is 489 g/mol. The van der Waals surface area contributed by atoms with Crippen molar-refractivity contribution < 1.29 is 23.6 Å². The maximum Gasteiger partial charge on any atom is 0.410 e. The van der Waals surface area contributed by atoms with E-state index in [-0.39, 0.29) is 11.4 Å². The van der Waals surface area contributed by atoms with Crippen LogP contribution in [0.5, 0.6) is 11.5 Å². The van der Waals surface area contributed by atoms with Crippen molar-refractivity contribution in [3.05, 3.63) is 64.9 Å². The summed E-state index contributed by atoms with van der Waals surface area (Å²) >= 11 is 1.40. The standard InChI is InChI=1S/C24H24FN5O5S/c1-24(2,3)35-23(31)28(4)9-10-29-14-15(13-27-29)21-12-18-22(36-21)20(7-8-26-18)34-19-6-5-16(30(32)33)11-17(19)25/h5-8,11-14H,9-10H2,1-4H3. The molecule has 0 aliphatic carbocycles. The zero-order chi connectivity index (χ0) is 26.0. The van der Waals surface area contributed by atoms with Crippen molar-refractivity contribution in [1.29, 1.82) is 0 Å². The fourth-order valence-electron chi connectivity index (χ4n) is 3.24. The second kappa shape index (κ2) is 9.90.